The number of halogens is 1. The van der Waals surface area contributed by atoms with Gasteiger partial charge in [-0.3, -0.25) is 4.79 Å². The Labute approximate surface area is 114 Å². The van der Waals surface area contributed by atoms with E-state index in [-0.39, 0.29) is 17.9 Å². The first kappa shape index (κ1) is 13.5. The molecule has 0 saturated carbocycles. The number of benzene rings is 1. The lowest BCUT2D eigenvalue weighted by Crippen LogP contribution is -2.27. The van der Waals surface area contributed by atoms with Crippen LogP contribution in [-0.2, 0) is 6.54 Å². The first-order valence-electron chi connectivity index (χ1n) is 5.63. The van der Waals surface area contributed by atoms with Gasteiger partial charge in [0, 0.05) is 18.1 Å². The van der Waals surface area contributed by atoms with Crippen LogP contribution in [0.25, 0.3) is 0 Å². The Morgan fingerprint density at radius 2 is 2.26 bits per heavy atom. The van der Waals surface area contributed by atoms with Gasteiger partial charge >= 0.3 is 0 Å². The van der Waals surface area contributed by atoms with Crippen molar-refractivity contribution in [2.45, 2.75) is 13.5 Å². The molecule has 0 radical (unpaired) electrons. The predicted molar refractivity (Wildman–Crippen MR) is 70.7 cm³/mol. The van der Waals surface area contributed by atoms with Crippen LogP contribution in [0.1, 0.15) is 21.1 Å². The lowest BCUT2D eigenvalue weighted by atomic mass is 10.1. The van der Waals surface area contributed by atoms with Gasteiger partial charge in [0.05, 0.1) is 6.54 Å². The summed E-state index contributed by atoms with van der Waals surface area (Å²) >= 11 is 1.44. The molecule has 0 aliphatic rings. The molecule has 0 unspecified atom stereocenters. The van der Waals surface area contributed by atoms with Gasteiger partial charge in [-0.1, -0.05) is 6.07 Å². The summed E-state index contributed by atoms with van der Waals surface area (Å²) in [6.07, 6.45) is 0. The molecule has 0 saturated heterocycles. The molecule has 0 bridgehead atoms. The highest BCUT2D eigenvalue weighted by Crippen LogP contribution is 2.22. The van der Waals surface area contributed by atoms with Gasteiger partial charge in [-0.25, -0.2) is 9.37 Å². The van der Waals surface area contributed by atoms with Gasteiger partial charge in [0.2, 0.25) is 0 Å². The Kier molecular flexibility index (Phi) is 3.80. The van der Waals surface area contributed by atoms with Gasteiger partial charge in [0.15, 0.2) is 0 Å². The van der Waals surface area contributed by atoms with Crippen molar-refractivity contribution >= 4 is 17.2 Å². The van der Waals surface area contributed by atoms with E-state index in [4.69, 9.17) is 0 Å². The molecule has 1 N–H and O–H groups in total. The summed E-state index contributed by atoms with van der Waals surface area (Å²) in [5.41, 5.74) is 0.577. The average Bonchev–Trinajstić information content (AvgIpc) is 2.74. The number of rotatable bonds is 3. The summed E-state index contributed by atoms with van der Waals surface area (Å²) in [4.78, 5) is 17.7. The average molecular weight is 280 g/mol. The third-order valence-corrected chi connectivity index (χ3v) is 3.54. The van der Waals surface area contributed by atoms with Crippen molar-refractivity contribution in [2.24, 2.45) is 0 Å². The van der Waals surface area contributed by atoms with Crippen molar-refractivity contribution in [3.63, 3.8) is 0 Å². The van der Waals surface area contributed by atoms with Gasteiger partial charge < -0.3 is 10.0 Å². The van der Waals surface area contributed by atoms with Gasteiger partial charge in [0.25, 0.3) is 5.91 Å². The maximum absolute atomic E-state index is 13.6. The quantitative estimate of drug-likeness (QED) is 0.940. The molecule has 0 aliphatic carbocycles. The first-order chi connectivity index (χ1) is 8.99. The zero-order valence-corrected chi connectivity index (χ0v) is 11.4. The molecule has 0 aliphatic heterocycles. The van der Waals surface area contributed by atoms with E-state index < -0.39 is 11.7 Å². The fourth-order valence-corrected chi connectivity index (χ4v) is 2.49. The number of aryl methyl sites for hydroxylation is 1. The number of hydrogen-bond acceptors (Lipinski definition) is 4. The van der Waals surface area contributed by atoms with Crippen LogP contribution in [0.5, 0.6) is 5.75 Å². The van der Waals surface area contributed by atoms with E-state index in [0.717, 1.165) is 16.8 Å². The number of nitrogens with zero attached hydrogens (tertiary/aromatic N) is 2. The highest BCUT2D eigenvalue weighted by molar-refractivity contribution is 7.09. The Hall–Kier alpha value is -1.95. The van der Waals surface area contributed by atoms with E-state index >= 15 is 0 Å². The normalized spacial score (nSPS) is 10.5. The molecule has 1 aromatic heterocycles. The van der Waals surface area contributed by atoms with Gasteiger partial charge in [-0.15, -0.1) is 11.3 Å². The molecule has 19 heavy (non-hydrogen) atoms. The third-order valence-electron chi connectivity index (χ3n) is 2.59. The number of aromatic nitrogens is 1. The van der Waals surface area contributed by atoms with Crippen molar-refractivity contribution in [2.75, 3.05) is 7.05 Å². The molecule has 0 atom stereocenters. The van der Waals surface area contributed by atoms with E-state index in [0.29, 0.717) is 0 Å². The first-order valence-corrected chi connectivity index (χ1v) is 6.51. The second-order valence-corrected chi connectivity index (χ2v) is 5.12. The fourth-order valence-electron chi connectivity index (χ4n) is 1.67. The summed E-state index contributed by atoms with van der Waals surface area (Å²) in [5, 5.41) is 12.2. The predicted octanol–water partition coefficient (Wildman–Crippen LogP) is 2.57. The number of aromatic hydroxyl groups is 1. The number of phenols is 1. The van der Waals surface area contributed by atoms with E-state index in [2.05, 4.69) is 4.98 Å². The molecule has 0 fully saturated rings. The van der Waals surface area contributed by atoms with E-state index in [1.54, 1.807) is 7.05 Å². The van der Waals surface area contributed by atoms with Crippen molar-refractivity contribution < 1.29 is 14.3 Å². The maximum atomic E-state index is 13.6. The van der Waals surface area contributed by atoms with Crippen LogP contribution in [0.2, 0.25) is 0 Å². The molecular formula is C13H13FN2O2S. The minimum absolute atomic E-state index is 0.283. The SMILES string of the molecule is Cc1csc(CN(C)C(=O)c2c(O)cccc2F)n1. The van der Waals surface area contributed by atoms with Gasteiger partial charge in [-0.2, -0.15) is 0 Å². The van der Waals surface area contributed by atoms with Gasteiger partial charge in [-0.05, 0) is 19.1 Å². The monoisotopic (exact) mass is 280 g/mol. The van der Waals surface area contributed by atoms with Crippen LogP contribution in [0.4, 0.5) is 4.39 Å². The smallest absolute Gasteiger partial charge is 0.260 e. The Bertz CT molecular complexity index is 592. The molecule has 2 rings (SSSR count). The highest BCUT2D eigenvalue weighted by atomic mass is 32.1. The van der Waals surface area contributed by atoms with E-state index in [9.17, 15) is 14.3 Å². The summed E-state index contributed by atoms with van der Waals surface area (Å²) in [6.45, 7) is 2.15. The summed E-state index contributed by atoms with van der Waals surface area (Å²) in [6, 6.07) is 3.79. The number of thiazole rings is 1. The fraction of sp³-hybridized carbons (Fsp3) is 0.231. The number of hydrogen-bond donors (Lipinski definition) is 1. The van der Waals surface area contributed by atoms with Crippen molar-refractivity contribution in [1.82, 2.24) is 9.88 Å². The lowest BCUT2D eigenvalue weighted by molar-refractivity contribution is 0.0777. The number of carbonyl (C=O) groups excluding carboxylic acids is 1. The molecule has 2 aromatic rings. The number of carbonyl (C=O) groups is 1. The number of phenolic OH excluding ortho intramolecular Hbond substituents is 1. The molecule has 100 valence electrons. The Balaban J connectivity index is 2.19. The Morgan fingerprint density at radius 3 is 2.84 bits per heavy atom. The van der Waals surface area contributed by atoms with Crippen LogP contribution >= 0.6 is 11.3 Å². The minimum Gasteiger partial charge on any atom is -0.507 e. The molecule has 1 amide bonds. The van der Waals surface area contributed by atoms with Gasteiger partial charge in [0.1, 0.15) is 22.1 Å². The van der Waals surface area contributed by atoms with Crippen molar-refractivity contribution in [3.8, 4) is 5.75 Å². The van der Waals surface area contributed by atoms with Crippen molar-refractivity contribution in [3.05, 3.63) is 45.7 Å². The zero-order valence-electron chi connectivity index (χ0n) is 10.6. The van der Waals surface area contributed by atoms with Crippen LogP contribution < -0.4 is 0 Å². The van der Waals surface area contributed by atoms with Crippen LogP contribution in [0.15, 0.2) is 23.6 Å². The Morgan fingerprint density at radius 1 is 1.53 bits per heavy atom. The summed E-state index contributed by atoms with van der Waals surface area (Å²) < 4.78 is 13.6. The maximum Gasteiger partial charge on any atom is 0.260 e. The third kappa shape index (κ3) is 2.90. The largest absolute Gasteiger partial charge is 0.507 e. The van der Waals surface area contributed by atoms with Crippen LogP contribution in [0, 0.1) is 12.7 Å². The topological polar surface area (TPSA) is 53.4 Å². The summed E-state index contributed by atoms with van der Waals surface area (Å²) in [7, 11) is 1.55. The zero-order chi connectivity index (χ0) is 14.0. The van der Waals surface area contributed by atoms with E-state index in [1.807, 2.05) is 12.3 Å². The second kappa shape index (κ2) is 5.36. The molecule has 0 spiro atoms. The second-order valence-electron chi connectivity index (χ2n) is 4.18. The molecule has 1 heterocycles. The molecule has 6 heteroatoms. The molecule has 1 aromatic carbocycles. The molecular weight excluding hydrogens is 267 g/mol. The number of amides is 1. The van der Waals surface area contributed by atoms with Crippen molar-refractivity contribution in [1.29, 1.82) is 0 Å². The summed E-state index contributed by atoms with van der Waals surface area (Å²) in [5.74, 6) is -1.65. The standard InChI is InChI=1S/C13H13FN2O2S/c1-8-7-19-11(15-8)6-16(2)13(18)12-9(14)4-3-5-10(12)17/h3-5,7,17H,6H2,1-2H3. The van der Waals surface area contributed by atoms with Crippen LogP contribution in [-0.4, -0.2) is 27.9 Å². The van der Waals surface area contributed by atoms with E-state index in [1.165, 1.54) is 28.4 Å². The minimum atomic E-state index is -0.729. The lowest BCUT2D eigenvalue weighted by Gasteiger charge is -2.16. The van der Waals surface area contributed by atoms with Crippen LogP contribution in [0.3, 0.4) is 0 Å². The molecule has 4 nitrogen and oxygen atoms in total. The highest BCUT2D eigenvalue weighted by Gasteiger charge is 2.20.